The molecule has 0 bridgehead atoms. The van der Waals surface area contributed by atoms with Crippen LogP contribution in [0.1, 0.15) is 5.69 Å². The number of nitrogens with zero attached hydrogens (tertiary/aromatic N) is 4. The minimum Gasteiger partial charge on any atom is -0.353 e. The van der Waals surface area contributed by atoms with Crippen LogP contribution in [0.25, 0.3) is 0 Å². The normalized spacial score (nSPS) is 15.2. The van der Waals surface area contributed by atoms with E-state index in [2.05, 4.69) is 30.7 Å². The molecule has 0 saturated carbocycles. The predicted molar refractivity (Wildman–Crippen MR) is 79.4 cm³/mol. The SMILES string of the molecule is Cc1cccc(Nc2ccc(N3CCNCC3)nn2)n1. The molecular formula is C14H18N6. The second kappa shape index (κ2) is 5.83. The maximum absolute atomic E-state index is 4.38. The van der Waals surface area contributed by atoms with E-state index in [1.54, 1.807) is 0 Å². The lowest BCUT2D eigenvalue weighted by Gasteiger charge is -2.27. The number of piperazine rings is 1. The Hall–Kier alpha value is -2.21. The van der Waals surface area contributed by atoms with Gasteiger partial charge in [-0.2, -0.15) is 0 Å². The van der Waals surface area contributed by atoms with Crippen molar-refractivity contribution in [3.05, 3.63) is 36.0 Å². The van der Waals surface area contributed by atoms with E-state index in [1.807, 2.05) is 37.3 Å². The summed E-state index contributed by atoms with van der Waals surface area (Å²) < 4.78 is 0. The molecule has 6 nitrogen and oxygen atoms in total. The van der Waals surface area contributed by atoms with E-state index >= 15 is 0 Å². The van der Waals surface area contributed by atoms with Crippen molar-refractivity contribution in [2.24, 2.45) is 0 Å². The van der Waals surface area contributed by atoms with Gasteiger partial charge in [0.25, 0.3) is 0 Å². The third-order valence-corrected chi connectivity index (χ3v) is 3.24. The molecule has 3 rings (SSSR count). The van der Waals surface area contributed by atoms with Crippen molar-refractivity contribution in [2.45, 2.75) is 6.92 Å². The third-order valence-electron chi connectivity index (χ3n) is 3.24. The van der Waals surface area contributed by atoms with Gasteiger partial charge in [-0.15, -0.1) is 10.2 Å². The number of aromatic nitrogens is 3. The molecule has 0 radical (unpaired) electrons. The van der Waals surface area contributed by atoms with Crippen LogP contribution in [0.4, 0.5) is 17.5 Å². The lowest BCUT2D eigenvalue weighted by Crippen LogP contribution is -2.43. The van der Waals surface area contributed by atoms with E-state index in [0.717, 1.165) is 43.5 Å². The first-order valence-electron chi connectivity index (χ1n) is 6.81. The van der Waals surface area contributed by atoms with Gasteiger partial charge in [-0.3, -0.25) is 0 Å². The van der Waals surface area contributed by atoms with E-state index in [9.17, 15) is 0 Å². The number of aryl methyl sites for hydroxylation is 1. The summed E-state index contributed by atoms with van der Waals surface area (Å²) in [5.41, 5.74) is 0.973. The Kier molecular flexibility index (Phi) is 3.73. The van der Waals surface area contributed by atoms with Gasteiger partial charge >= 0.3 is 0 Å². The van der Waals surface area contributed by atoms with Gasteiger partial charge in [-0.05, 0) is 31.2 Å². The molecule has 0 aliphatic carbocycles. The Morgan fingerprint density at radius 2 is 1.90 bits per heavy atom. The summed E-state index contributed by atoms with van der Waals surface area (Å²) >= 11 is 0. The van der Waals surface area contributed by atoms with Crippen LogP contribution < -0.4 is 15.5 Å². The second-order valence-corrected chi connectivity index (χ2v) is 4.80. The fourth-order valence-corrected chi connectivity index (χ4v) is 2.20. The molecular weight excluding hydrogens is 252 g/mol. The first-order valence-corrected chi connectivity index (χ1v) is 6.81. The monoisotopic (exact) mass is 270 g/mol. The topological polar surface area (TPSA) is 66.0 Å². The molecule has 1 saturated heterocycles. The molecule has 2 N–H and O–H groups in total. The van der Waals surface area contributed by atoms with Crippen LogP contribution in [0.2, 0.25) is 0 Å². The Balaban J connectivity index is 1.69. The summed E-state index contributed by atoms with van der Waals surface area (Å²) in [5.74, 6) is 2.42. The van der Waals surface area contributed by atoms with Crippen LogP contribution in [0.15, 0.2) is 30.3 Å². The summed E-state index contributed by atoms with van der Waals surface area (Å²) in [7, 11) is 0. The van der Waals surface area contributed by atoms with Gasteiger partial charge in [-0.25, -0.2) is 4.98 Å². The van der Waals surface area contributed by atoms with Gasteiger partial charge in [0, 0.05) is 31.9 Å². The average molecular weight is 270 g/mol. The highest BCUT2D eigenvalue weighted by atomic mass is 15.3. The molecule has 1 aliphatic rings. The molecule has 6 heteroatoms. The third kappa shape index (κ3) is 3.03. The first kappa shape index (κ1) is 12.8. The van der Waals surface area contributed by atoms with Crippen molar-refractivity contribution >= 4 is 17.5 Å². The fraction of sp³-hybridized carbons (Fsp3) is 0.357. The highest BCUT2D eigenvalue weighted by molar-refractivity contribution is 5.53. The Morgan fingerprint density at radius 3 is 2.60 bits per heavy atom. The van der Waals surface area contributed by atoms with E-state index in [4.69, 9.17) is 0 Å². The first-order chi connectivity index (χ1) is 9.81. The van der Waals surface area contributed by atoms with Crippen molar-refractivity contribution < 1.29 is 0 Å². The van der Waals surface area contributed by atoms with Crippen LogP contribution in [-0.2, 0) is 0 Å². The summed E-state index contributed by atoms with van der Waals surface area (Å²) in [4.78, 5) is 6.62. The van der Waals surface area contributed by atoms with Gasteiger partial charge in [0.2, 0.25) is 0 Å². The van der Waals surface area contributed by atoms with Crippen LogP contribution in [0, 0.1) is 6.92 Å². The van der Waals surface area contributed by atoms with E-state index in [-0.39, 0.29) is 0 Å². The zero-order valence-corrected chi connectivity index (χ0v) is 11.5. The summed E-state index contributed by atoms with van der Waals surface area (Å²) in [6.45, 7) is 5.90. The largest absolute Gasteiger partial charge is 0.353 e. The van der Waals surface area contributed by atoms with Gasteiger partial charge in [0.1, 0.15) is 5.82 Å². The summed E-state index contributed by atoms with van der Waals surface area (Å²) in [6.07, 6.45) is 0. The zero-order valence-electron chi connectivity index (χ0n) is 11.5. The van der Waals surface area contributed by atoms with Gasteiger partial charge in [0.05, 0.1) is 0 Å². The Bertz CT molecular complexity index is 562. The summed E-state index contributed by atoms with van der Waals surface area (Å²) in [6, 6.07) is 9.78. The molecule has 2 aromatic rings. The fourth-order valence-electron chi connectivity index (χ4n) is 2.20. The minimum absolute atomic E-state index is 0.710. The van der Waals surface area contributed by atoms with Gasteiger partial charge in [-0.1, -0.05) is 6.07 Å². The molecule has 20 heavy (non-hydrogen) atoms. The van der Waals surface area contributed by atoms with Crippen LogP contribution in [0.5, 0.6) is 0 Å². The van der Waals surface area contributed by atoms with Crippen molar-refractivity contribution in [1.29, 1.82) is 0 Å². The smallest absolute Gasteiger partial charge is 0.154 e. The maximum atomic E-state index is 4.38. The number of rotatable bonds is 3. The predicted octanol–water partition coefficient (Wildman–Crippen LogP) is 1.33. The molecule has 0 aromatic carbocycles. The van der Waals surface area contributed by atoms with Gasteiger partial charge in [0.15, 0.2) is 11.6 Å². The average Bonchev–Trinajstić information content (AvgIpc) is 2.49. The molecule has 1 aliphatic heterocycles. The number of hydrogen-bond acceptors (Lipinski definition) is 6. The lowest BCUT2D eigenvalue weighted by molar-refractivity contribution is 0.583. The van der Waals surface area contributed by atoms with Crippen molar-refractivity contribution in [3.63, 3.8) is 0 Å². The number of hydrogen-bond donors (Lipinski definition) is 2. The van der Waals surface area contributed by atoms with Crippen LogP contribution in [0.3, 0.4) is 0 Å². The molecule has 104 valence electrons. The van der Waals surface area contributed by atoms with E-state index in [1.165, 1.54) is 0 Å². The Labute approximate surface area is 118 Å². The van der Waals surface area contributed by atoms with Crippen molar-refractivity contribution in [2.75, 3.05) is 36.4 Å². The van der Waals surface area contributed by atoms with Crippen LogP contribution >= 0.6 is 0 Å². The zero-order chi connectivity index (χ0) is 13.8. The molecule has 1 fully saturated rings. The lowest BCUT2D eigenvalue weighted by atomic mass is 10.3. The van der Waals surface area contributed by atoms with E-state index in [0.29, 0.717) is 5.82 Å². The highest BCUT2D eigenvalue weighted by Crippen LogP contribution is 2.15. The molecule has 3 heterocycles. The molecule has 0 amide bonds. The second-order valence-electron chi connectivity index (χ2n) is 4.80. The molecule has 0 unspecified atom stereocenters. The number of anilines is 3. The Morgan fingerprint density at radius 1 is 1.05 bits per heavy atom. The quantitative estimate of drug-likeness (QED) is 0.877. The molecule has 2 aromatic heterocycles. The standard InChI is InChI=1S/C14H18N6/c1-11-3-2-4-12(16-11)17-13-5-6-14(19-18-13)20-9-7-15-8-10-20/h2-6,15H,7-10H2,1H3,(H,16,17,18). The van der Waals surface area contributed by atoms with Crippen LogP contribution in [-0.4, -0.2) is 41.4 Å². The summed E-state index contributed by atoms with van der Waals surface area (Å²) in [5, 5.41) is 15.0. The van der Waals surface area contributed by atoms with E-state index < -0.39 is 0 Å². The number of nitrogens with one attached hydrogen (secondary N) is 2. The highest BCUT2D eigenvalue weighted by Gasteiger charge is 2.11. The number of pyridine rings is 1. The maximum Gasteiger partial charge on any atom is 0.154 e. The molecule has 0 spiro atoms. The van der Waals surface area contributed by atoms with Gasteiger partial charge < -0.3 is 15.5 Å². The van der Waals surface area contributed by atoms with Crippen molar-refractivity contribution in [1.82, 2.24) is 20.5 Å². The van der Waals surface area contributed by atoms with Crippen molar-refractivity contribution in [3.8, 4) is 0 Å². The molecule has 0 atom stereocenters. The minimum atomic E-state index is 0.710.